The maximum absolute atomic E-state index is 11.7. The largest absolute Gasteiger partial charge is 0.478 e. The first-order valence-electron chi connectivity index (χ1n) is 5.90. The highest BCUT2D eigenvalue weighted by Gasteiger charge is 2.22. The van der Waals surface area contributed by atoms with Gasteiger partial charge in [0.15, 0.2) is 0 Å². The average molecular weight is 245 g/mol. The summed E-state index contributed by atoms with van der Waals surface area (Å²) in [5.41, 5.74) is 2.73. The fourth-order valence-corrected chi connectivity index (χ4v) is 2.16. The molecule has 4 heteroatoms. The predicted octanol–water partition coefficient (Wildman–Crippen LogP) is 2.22. The van der Waals surface area contributed by atoms with E-state index in [2.05, 4.69) is 0 Å². The maximum Gasteiger partial charge on any atom is 0.328 e. The molecule has 1 aromatic carbocycles. The van der Waals surface area contributed by atoms with Gasteiger partial charge in [0, 0.05) is 24.7 Å². The molecule has 0 radical (unpaired) electrons. The topological polar surface area (TPSA) is 57.6 Å². The first kappa shape index (κ1) is 12.4. The molecular formula is C14H15NO3. The summed E-state index contributed by atoms with van der Waals surface area (Å²) in [4.78, 5) is 23.9. The minimum atomic E-state index is -0.966. The Labute approximate surface area is 106 Å². The van der Waals surface area contributed by atoms with Crippen LogP contribution < -0.4 is 4.90 Å². The highest BCUT2D eigenvalue weighted by Crippen LogP contribution is 2.26. The van der Waals surface area contributed by atoms with Gasteiger partial charge in [-0.15, -0.1) is 0 Å². The average Bonchev–Trinajstić information content (AvgIpc) is 2.73. The molecule has 1 aliphatic heterocycles. The van der Waals surface area contributed by atoms with Crippen LogP contribution in [0.5, 0.6) is 0 Å². The summed E-state index contributed by atoms with van der Waals surface area (Å²) >= 11 is 0. The number of carboxylic acid groups (broad SMARTS) is 1. The molecule has 1 fully saturated rings. The third-order valence-corrected chi connectivity index (χ3v) is 3.00. The second-order valence-corrected chi connectivity index (χ2v) is 4.37. The number of carbonyl (C=O) groups excluding carboxylic acids is 1. The van der Waals surface area contributed by atoms with Crippen molar-refractivity contribution in [2.24, 2.45) is 0 Å². The first-order valence-corrected chi connectivity index (χ1v) is 5.90. The second kappa shape index (κ2) is 5.04. The van der Waals surface area contributed by atoms with Gasteiger partial charge in [-0.25, -0.2) is 4.79 Å². The molecule has 0 aromatic heterocycles. The van der Waals surface area contributed by atoms with E-state index < -0.39 is 5.97 Å². The number of nitrogens with zero attached hydrogens (tertiary/aromatic N) is 1. The van der Waals surface area contributed by atoms with Crippen molar-refractivity contribution >= 4 is 23.6 Å². The van der Waals surface area contributed by atoms with Gasteiger partial charge in [-0.3, -0.25) is 4.79 Å². The number of amides is 1. The summed E-state index contributed by atoms with van der Waals surface area (Å²) in [7, 11) is 0. The summed E-state index contributed by atoms with van der Waals surface area (Å²) in [5.74, 6) is -0.807. The fraction of sp³-hybridized carbons (Fsp3) is 0.286. The number of anilines is 1. The smallest absolute Gasteiger partial charge is 0.328 e. The number of rotatable bonds is 3. The van der Waals surface area contributed by atoms with Crippen LogP contribution in [-0.2, 0) is 9.59 Å². The lowest BCUT2D eigenvalue weighted by Crippen LogP contribution is -2.24. The van der Waals surface area contributed by atoms with Gasteiger partial charge in [0.1, 0.15) is 0 Å². The van der Waals surface area contributed by atoms with Crippen LogP contribution in [0.15, 0.2) is 24.3 Å². The van der Waals surface area contributed by atoms with Crippen molar-refractivity contribution < 1.29 is 14.7 Å². The highest BCUT2D eigenvalue weighted by molar-refractivity contribution is 5.96. The van der Waals surface area contributed by atoms with Gasteiger partial charge in [0.2, 0.25) is 5.91 Å². The molecule has 0 unspecified atom stereocenters. The lowest BCUT2D eigenvalue weighted by atomic mass is 10.1. The Morgan fingerprint density at radius 2 is 2.22 bits per heavy atom. The van der Waals surface area contributed by atoms with Crippen molar-refractivity contribution in [1.82, 2.24) is 0 Å². The Bertz CT molecular complexity index is 520. The number of hydrogen-bond acceptors (Lipinski definition) is 2. The Morgan fingerprint density at radius 3 is 2.78 bits per heavy atom. The second-order valence-electron chi connectivity index (χ2n) is 4.37. The summed E-state index contributed by atoms with van der Waals surface area (Å²) in [6.07, 6.45) is 4.17. The predicted molar refractivity (Wildman–Crippen MR) is 69.4 cm³/mol. The molecule has 0 spiro atoms. The summed E-state index contributed by atoms with van der Waals surface area (Å²) in [6.45, 7) is 2.70. The van der Waals surface area contributed by atoms with Crippen LogP contribution in [0.25, 0.3) is 6.08 Å². The molecule has 1 amide bonds. The number of hydrogen-bond donors (Lipinski definition) is 1. The molecule has 0 atom stereocenters. The normalized spacial score (nSPS) is 15.6. The van der Waals surface area contributed by atoms with E-state index in [1.54, 1.807) is 11.0 Å². The van der Waals surface area contributed by atoms with E-state index in [0.29, 0.717) is 6.42 Å². The van der Waals surface area contributed by atoms with E-state index in [9.17, 15) is 9.59 Å². The van der Waals surface area contributed by atoms with Crippen molar-refractivity contribution in [2.45, 2.75) is 19.8 Å². The molecule has 1 saturated heterocycles. The van der Waals surface area contributed by atoms with Crippen molar-refractivity contribution in [1.29, 1.82) is 0 Å². The van der Waals surface area contributed by atoms with E-state index in [0.717, 1.165) is 35.9 Å². The lowest BCUT2D eigenvalue weighted by molar-refractivity contribution is -0.131. The number of aliphatic carboxylic acids is 1. The van der Waals surface area contributed by atoms with Crippen molar-refractivity contribution in [2.75, 3.05) is 11.4 Å². The van der Waals surface area contributed by atoms with Crippen LogP contribution in [-0.4, -0.2) is 23.5 Å². The minimum absolute atomic E-state index is 0.159. The van der Waals surface area contributed by atoms with E-state index in [1.807, 2.05) is 25.1 Å². The molecule has 1 aromatic rings. The zero-order chi connectivity index (χ0) is 13.1. The Kier molecular flexibility index (Phi) is 3.46. The standard InChI is InChI=1S/C14H15NO3/c1-10-9-11(5-7-14(17)18)4-6-12(10)15-8-2-3-13(15)16/h4-7,9H,2-3,8H2,1H3,(H,17,18). The van der Waals surface area contributed by atoms with Gasteiger partial charge >= 0.3 is 5.97 Å². The van der Waals surface area contributed by atoms with Crippen LogP contribution >= 0.6 is 0 Å². The summed E-state index contributed by atoms with van der Waals surface area (Å²) in [6, 6.07) is 5.59. The molecular weight excluding hydrogens is 230 g/mol. The van der Waals surface area contributed by atoms with Crippen LogP contribution in [0.1, 0.15) is 24.0 Å². The van der Waals surface area contributed by atoms with Crippen molar-refractivity contribution in [3.8, 4) is 0 Å². The van der Waals surface area contributed by atoms with Gasteiger partial charge in [0.05, 0.1) is 0 Å². The van der Waals surface area contributed by atoms with Crippen LogP contribution in [0.2, 0.25) is 0 Å². The third kappa shape index (κ3) is 2.59. The molecule has 4 nitrogen and oxygen atoms in total. The van der Waals surface area contributed by atoms with E-state index in [4.69, 9.17) is 5.11 Å². The molecule has 0 saturated carbocycles. The van der Waals surface area contributed by atoms with E-state index >= 15 is 0 Å². The van der Waals surface area contributed by atoms with Gasteiger partial charge < -0.3 is 10.0 Å². The zero-order valence-electron chi connectivity index (χ0n) is 10.2. The first-order chi connectivity index (χ1) is 8.58. The molecule has 18 heavy (non-hydrogen) atoms. The SMILES string of the molecule is Cc1cc(C=CC(=O)O)ccc1N1CCCC1=O. The van der Waals surface area contributed by atoms with Gasteiger partial charge in [0.25, 0.3) is 0 Å². The zero-order valence-corrected chi connectivity index (χ0v) is 10.2. The Hall–Kier alpha value is -2.10. The lowest BCUT2D eigenvalue weighted by Gasteiger charge is -2.18. The summed E-state index contributed by atoms with van der Waals surface area (Å²) in [5, 5.41) is 8.57. The Morgan fingerprint density at radius 1 is 1.44 bits per heavy atom. The molecule has 1 aliphatic rings. The summed E-state index contributed by atoms with van der Waals surface area (Å²) < 4.78 is 0. The molecule has 2 rings (SSSR count). The van der Waals surface area contributed by atoms with E-state index in [1.165, 1.54) is 0 Å². The fourth-order valence-electron chi connectivity index (χ4n) is 2.16. The quantitative estimate of drug-likeness (QED) is 0.831. The molecule has 0 bridgehead atoms. The van der Waals surface area contributed by atoms with E-state index in [-0.39, 0.29) is 5.91 Å². The van der Waals surface area contributed by atoms with Gasteiger partial charge in [-0.05, 0) is 42.7 Å². The van der Waals surface area contributed by atoms with Crippen molar-refractivity contribution in [3.63, 3.8) is 0 Å². The number of carboxylic acids is 1. The number of carbonyl (C=O) groups is 2. The van der Waals surface area contributed by atoms with Crippen molar-refractivity contribution in [3.05, 3.63) is 35.4 Å². The van der Waals surface area contributed by atoms with Crippen LogP contribution in [0.3, 0.4) is 0 Å². The number of aryl methyl sites for hydroxylation is 1. The molecule has 1 heterocycles. The molecule has 1 N–H and O–H groups in total. The molecule has 94 valence electrons. The van der Waals surface area contributed by atoms with Gasteiger partial charge in [-0.1, -0.05) is 6.07 Å². The maximum atomic E-state index is 11.7. The van der Waals surface area contributed by atoms with Gasteiger partial charge in [-0.2, -0.15) is 0 Å². The monoisotopic (exact) mass is 245 g/mol. The minimum Gasteiger partial charge on any atom is -0.478 e. The molecule has 0 aliphatic carbocycles. The third-order valence-electron chi connectivity index (χ3n) is 3.00. The Balaban J connectivity index is 2.25. The van der Waals surface area contributed by atoms with Crippen LogP contribution in [0, 0.1) is 6.92 Å². The number of benzene rings is 1. The highest BCUT2D eigenvalue weighted by atomic mass is 16.4. The van der Waals surface area contributed by atoms with Crippen LogP contribution in [0.4, 0.5) is 5.69 Å².